The smallest absolute Gasteiger partial charge is 0.308 e. The highest BCUT2D eigenvalue weighted by Gasteiger charge is 2.31. The first-order chi connectivity index (χ1) is 13.0. The molecule has 2 heterocycles. The highest BCUT2D eigenvalue weighted by Crippen LogP contribution is 2.21. The number of carbonyl (C=O) groups excluding carboxylic acids is 2. The third-order valence-electron chi connectivity index (χ3n) is 4.96. The van der Waals surface area contributed by atoms with Crippen molar-refractivity contribution in [3.05, 3.63) is 52.8 Å². The van der Waals surface area contributed by atoms with E-state index in [-0.39, 0.29) is 23.4 Å². The van der Waals surface area contributed by atoms with E-state index in [9.17, 15) is 14.4 Å². The van der Waals surface area contributed by atoms with Crippen LogP contribution in [0.2, 0.25) is 0 Å². The Hall–Kier alpha value is -2.96. The number of hydrogen-bond donors (Lipinski definition) is 0. The molecule has 0 bridgehead atoms. The SMILES string of the molecule is COC(=O)C1CCN(C(=O)C(C)n2nc(-c3ccccc3)ccc2=O)CC1. The highest BCUT2D eigenvalue weighted by atomic mass is 16.5. The van der Waals surface area contributed by atoms with Crippen LogP contribution in [0.3, 0.4) is 0 Å². The number of methoxy groups -OCH3 is 1. The second-order valence-corrected chi connectivity index (χ2v) is 6.67. The summed E-state index contributed by atoms with van der Waals surface area (Å²) >= 11 is 0. The van der Waals surface area contributed by atoms with Gasteiger partial charge in [-0.15, -0.1) is 0 Å². The van der Waals surface area contributed by atoms with Crippen molar-refractivity contribution in [1.29, 1.82) is 0 Å². The minimum atomic E-state index is -0.712. The van der Waals surface area contributed by atoms with Crippen LogP contribution in [0.1, 0.15) is 25.8 Å². The van der Waals surface area contributed by atoms with Crippen molar-refractivity contribution in [3.8, 4) is 11.3 Å². The molecule has 1 atom stereocenters. The fourth-order valence-corrected chi connectivity index (χ4v) is 3.34. The molecular weight excluding hydrogens is 346 g/mol. The molecule has 1 aliphatic rings. The number of ether oxygens (including phenoxy) is 1. The number of likely N-dealkylation sites (tertiary alicyclic amines) is 1. The molecular formula is C20H23N3O4. The van der Waals surface area contributed by atoms with Gasteiger partial charge in [-0.3, -0.25) is 14.4 Å². The van der Waals surface area contributed by atoms with E-state index in [0.717, 1.165) is 5.56 Å². The van der Waals surface area contributed by atoms with E-state index in [1.54, 1.807) is 17.9 Å². The number of aromatic nitrogens is 2. The van der Waals surface area contributed by atoms with Crippen molar-refractivity contribution in [2.45, 2.75) is 25.8 Å². The van der Waals surface area contributed by atoms with E-state index in [0.29, 0.717) is 31.6 Å². The predicted octanol–water partition coefficient (Wildman–Crippen LogP) is 1.88. The van der Waals surface area contributed by atoms with Crippen LogP contribution in [-0.2, 0) is 14.3 Å². The highest BCUT2D eigenvalue weighted by molar-refractivity contribution is 5.80. The minimum Gasteiger partial charge on any atom is -0.469 e. The molecule has 1 saturated heterocycles. The van der Waals surface area contributed by atoms with E-state index in [2.05, 4.69) is 5.10 Å². The van der Waals surface area contributed by atoms with Crippen LogP contribution < -0.4 is 5.56 Å². The van der Waals surface area contributed by atoms with E-state index < -0.39 is 6.04 Å². The van der Waals surface area contributed by atoms with Crippen molar-refractivity contribution in [1.82, 2.24) is 14.7 Å². The van der Waals surface area contributed by atoms with Gasteiger partial charge in [-0.2, -0.15) is 5.10 Å². The molecule has 1 unspecified atom stereocenters. The third kappa shape index (κ3) is 4.07. The van der Waals surface area contributed by atoms with Crippen LogP contribution in [0.25, 0.3) is 11.3 Å². The maximum absolute atomic E-state index is 12.9. The Morgan fingerprint density at radius 1 is 1.11 bits per heavy atom. The molecule has 0 radical (unpaired) electrons. The van der Waals surface area contributed by atoms with Crippen LogP contribution in [0, 0.1) is 5.92 Å². The van der Waals surface area contributed by atoms with Gasteiger partial charge in [0.1, 0.15) is 6.04 Å². The molecule has 3 rings (SSSR count). The van der Waals surface area contributed by atoms with Gasteiger partial charge in [0.15, 0.2) is 0 Å². The lowest BCUT2D eigenvalue weighted by atomic mass is 9.96. The van der Waals surface area contributed by atoms with Gasteiger partial charge in [0.2, 0.25) is 5.91 Å². The summed E-state index contributed by atoms with van der Waals surface area (Å²) in [5, 5.41) is 4.40. The van der Waals surface area contributed by atoms with Gasteiger partial charge < -0.3 is 9.64 Å². The minimum absolute atomic E-state index is 0.168. The topological polar surface area (TPSA) is 81.5 Å². The first-order valence-electron chi connectivity index (χ1n) is 9.03. The number of nitrogens with zero attached hydrogens (tertiary/aromatic N) is 3. The number of rotatable bonds is 4. The second-order valence-electron chi connectivity index (χ2n) is 6.67. The van der Waals surface area contributed by atoms with Crippen molar-refractivity contribution < 1.29 is 14.3 Å². The van der Waals surface area contributed by atoms with Crippen molar-refractivity contribution in [2.24, 2.45) is 5.92 Å². The summed E-state index contributed by atoms with van der Waals surface area (Å²) in [6.45, 7) is 2.62. The fourth-order valence-electron chi connectivity index (χ4n) is 3.34. The molecule has 27 heavy (non-hydrogen) atoms. The molecule has 2 aromatic rings. The first kappa shape index (κ1) is 18.8. The van der Waals surface area contributed by atoms with Crippen LogP contribution in [-0.4, -0.2) is 46.8 Å². The van der Waals surface area contributed by atoms with Gasteiger partial charge in [0.05, 0.1) is 18.7 Å². The number of benzene rings is 1. The molecule has 7 nitrogen and oxygen atoms in total. The average molecular weight is 369 g/mol. The molecule has 1 amide bonds. The average Bonchev–Trinajstić information content (AvgIpc) is 2.73. The van der Waals surface area contributed by atoms with Gasteiger partial charge >= 0.3 is 5.97 Å². The molecule has 1 aromatic carbocycles. The maximum atomic E-state index is 12.9. The lowest BCUT2D eigenvalue weighted by Crippen LogP contribution is -2.45. The summed E-state index contributed by atoms with van der Waals surface area (Å²) in [5.41, 5.74) is 1.20. The molecule has 1 aromatic heterocycles. The molecule has 1 aliphatic heterocycles. The fraction of sp³-hybridized carbons (Fsp3) is 0.400. The summed E-state index contributed by atoms with van der Waals surface area (Å²) in [6, 6.07) is 11.9. The summed E-state index contributed by atoms with van der Waals surface area (Å²) in [4.78, 5) is 38.5. The largest absolute Gasteiger partial charge is 0.469 e. The van der Waals surface area contributed by atoms with Crippen LogP contribution in [0.15, 0.2) is 47.3 Å². The number of amides is 1. The van der Waals surface area contributed by atoms with Gasteiger partial charge in [0, 0.05) is 24.7 Å². The van der Waals surface area contributed by atoms with E-state index in [4.69, 9.17) is 4.74 Å². The van der Waals surface area contributed by atoms with Gasteiger partial charge in [-0.05, 0) is 25.8 Å². The molecule has 0 spiro atoms. The van der Waals surface area contributed by atoms with Crippen LogP contribution in [0.5, 0.6) is 0 Å². The molecule has 1 fully saturated rings. The van der Waals surface area contributed by atoms with Gasteiger partial charge in [0.25, 0.3) is 5.56 Å². The zero-order valence-corrected chi connectivity index (χ0v) is 15.5. The van der Waals surface area contributed by atoms with Gasteiger partial charge in [-0.25, -0.2) is 4.68 Å². The number of carbonyl (C=O) groups is 2. The quantitative estimate of drug-likeness (QED) is 0.769. The summed E-state index contributed by atoms with van der Waals surface area (Å²) in [7, 11) is 1.37. The number of piperidine rings is 1. The van der Waals surface area contributed by atoms with Crippen molar-refractivity contribution >= 4 is 11.9 Å². The Labute approximate surface area is 157 Å². The van der Waals surface area contributed by atoms with E-state index >= 15 is 0 Å². The Morgan fingerprint density at radius 2 is 1.78 bits per heavy atom. The maximum Gasteiger partial charge on any atom is 0.308 e. The Morgan fingerprint density at radius 3 is 2.41 bits per heavy atom. The molecule has 0 saturated carbocycles. The number of esters is 1. The Kier molecular flexibility index (Phi) is 5.69. The van der Waals surface area contributed by atoms with Gasteiger partial charge in [-0.1, -0.05) is 30.3 Å². The van der Waals surface area contributed by atoms with Crippen molar-refractivity contribution in [3.63, 3.8) is 0 Å². The summed E-state index contributed by atoms with van der Waals surface area (Å²) in [5.74, 6) is -0.571. The monoisotopic (exact) mass is 369 g/mol. The first-order valence-corrected chi connectivity index (χ1v) is 9.03. The standard InChI is InChI=1S/C20H23N3O4/c1-14(19(25)22-12-10-16(11-13-22)20(26)27-2)23-18(24)9-8-17(21-23)15-6-4-3-5-7-15/h3-9,14,16H,10-13H2,1-2H3. The zero-order valence-electron chi connectivity index (χ0n) is 15.5. The van der Waals surface area contributed by atoms with E-state index in [1.165, 1.54) is 17.9 Å². The molecule has 142 valence electrons. The predicted molar refractivity (Wildman–Crippen MR) is 100.0 cm³/mol. The second kappa shape index (κ2) is 8.16. The molecule has 7 heteroatoms. The summed E-state index contributed by atoms with van der Waals surface area (Å²) < 4.78 is 6.01. The lowest BCUT2D eigenvalue weighted by Gasteiger charge is -2.32. The van der Waals surface area contributed by atoms with Crippen LogP contribution >= 0.6 is 0 Å². The molecule has 0 aliphatic carbocycles. The summed E-state index contributed by atoms with van der Waals surface area (Å²) in [6.07, 6.45) is 1.13. The lowest BCUT2D eigenvalue weighted by molar-refractivity contribution is -0.149. The van der Waals surface area contributed by atoms with E-state index in [1.807, 2.05) is 30.3 Å². The van der Waals surface area contributed by atoms with Crippen molar-refractivity contribution in [2.75, 3.05) is 20.2 Å². The Bertz CT molecular complexity index is 870. The normalized spacial score (nSPS) is 16.0. The zero-order chi connectivity index (χ0) is 19.4. The van der Waals surface area contributed by atoms with Crippen LogP contribution in [0.4, 0.5) is 0 Å². The number of hydrogen-bond acceptors (Lipinski definition) is 5. The third-order valence-corrected chi connectivity index (χ3v) is 4.96. The molecule has 0 N–H and O–H groups in total. The Balaban J connectivity index is 1.76.